The Morgan fingerprint density at radius 1 is 1.10 bits per heavy atom. The number of hydrogen-bond donors (Lipinski definition) is 1. The van der Waals surface area contributed by atoms with Crippen molar-refractivity contribution in [3.63, 3.8) is 0 Å². The second-order valence-corrected chi connectivity index (χ2v) is 7.07. The Hall–Kier alpha value is -0.130. The molecule has 2 unspecified atom stereocenters. The van der Waals surface area contributed by atoms with Crippen molar-refractivity contribution in [3.05, 3.63) is 33.4 Å². The van der Waals surface area contributed by atoms with Crippen molar-refractivity contribution in [3.8, 4) is 0 Å². The van der Waals surface area contributed by atoms with Crippen LogP contribution in [-0.2, 0) is 6.42 Å². The zero-order valence-electron chi connectivity index (χ0n) is 14.2. The Balaban J connectivity index is 2.99. The fourth-order valence-corrected chi connectivity index (χ4v) is 3.61. The van der Waals surface area contributed by atoms with E-state index in [1.807, 2.05) is 0 Å². The zero-order chi connectivity index (χ0) is 15.9. The first-order valence-corrected chi connectivity index (χ1v) is 9.32. The Bertz CT molecular complexity index is 400. The van der Waals surface area contributed by atoms with Gasteiger partial charge in [0.2, 0.25) is 0 Å². The molecule has 0 heterocycles. The molecule has 1 aromatic rings. The Morgan fingerprint density at radius 2 is 1.67 bits per heavy atom. The second-order valence-electron chi connectivity index (χ2n) is 5.82. The first-order valence-electron chi connectivity index (χ1n) is 8.24. The molecule has 0 radical (unpaired) electrons. The smallest absolute Gasteiger partial charge is 0.0334 e. The summed E-state index contributed by atoms with van der Waals surface area (Å²) < 4.78 is 1.30. The number of halogens is 1. The highest BCUT2D eigenvalue weighted by atomic mass is 127. The van der Waals surface area contributed by atoms with Crippen LogP contribution in [-0.4, -0.2) is 36.1 Å². The van der Waals surface area contributed by atoms with E-state index in [9.17, 15) is 0 Å². The van der Waals surface area contributed by atoms with E-state index in [1.165, 1.54) is 9.13 Å². The van der Waals surface area contributed by atoms with Gasteiger partial charge in [-0.25, -0.2) is 0 Å². The van der Waals surface area contributed by atoms with Gasteiger partial charge >= 0.3 is 0 Å². The summed E-state index contributed by atoms with van der Waals surface area (Å²) in [4.78, 5) is 2.60. The molecule has 0 fully saturated rings. The fourth-order valence-electron chi connectivity index (χ4n) is 3.25. The number of rotatable bonds is 9. The van der Waals surface area contributed by atoms with Crippen molar-refractivity contribution < 1.29 is 0 Å². The van der Waals surface area contributed by atoms with Crippen LogP contribution in [0.2, 0.25) is 0 Å². The van der Waals surface area contributed by atoms with Gasteiger partial charge in [0.1, 0.15) is 0 Å². The second kappa shape index (κ2) is 9.11. The molecule has 0 saturated carbocycles. The Morgan fingerprint density at radius 3 is 2.10 bits per heavy atom. The number of benzene rings is 1. The molecule has 1 aromatic carbocycles. The molecule has 0 aliphatic carbocycles. The van der Waals surface area contributed by atoms with Crippen LogP contribution in [0.15, 0.2) is 24.3 Å². The molecule has 120 valence electrons. The molecule has 2 atom stereocenters. The van der Waals surface area contributed by atoms with E-state index in [-0.39, 0.29) is 5.54 Å². The average molecular weight is 402 g/mol. The molecule has 0 bridgehead atoms. The molecule has 0 aliphatic rings. The first-order chi connectivity index (χ1) is 10.0. The number of likely N-dealkylation sites (N-methyl/N-ethyl adjacent to an activating group) is 2. The summed E-state index contributed by atoms with van der Waals surface area (Å²) in [7, 11) is 0. The van der Waals surface area contributed by atoms with Crippen molar-refractivity contribution in [2.24, 2.45) is 0 Å². The van der Waals surface area contributed by atoms with Crippen LogP contribution in [0, 0.1) is 3.57 Å². The van der Waals surface area contributed by atoms with Crippen molar-refractivity contribution in [2.45, 2.75) is 59.0 Å². The van der Waals surface area contributed by atoms with Gasteiger partial charge < -0.3 is 5.32 Å². The summed E-state index contributed by atoms with van der Waals surface area (Å²) in [5, 5.41) is 3.74. The van der Waals surface area contributed by atoms with E-state index in [2.05, 4.69) is 91.7 Å². The van der Waals surface area contributed by atoms with E-state index in [0.717, 1.165) is 32.5 Å². The van der Waals surface area contributed by atoms with Crippen molar-refractivity contribution >= 4 is 22.6 Å². The van der Waals surface area contributed by atoms with Crippen molar-refractivity contribution in [1.29, 1.82) is 0 Å². The summed E-state index contributed by atoms with van der Waals surface area (Å²) >= 11 is 2.37. The van der Waals surface area contributed by atoms with E-state index >= 15 is 0 Å². The van der Waals surface area contributed by atoms with Gasteiger partial charge in [-0.05, 0) is 79.7 Å². The number of nitrogens with one attached hydrogen (secondary N) is 1. The van der Waals surface area contributed by atoms with Gasteiger partial charge in [0.25, 0.3) is 0 Å². The monoisotopic (exact) mass is 402 g/mol. The lowest BCUT2D eigenvalue weighted by molar-refractivity contribution is 0.0707. The maximum atomic E-state index is 3.74. The van der Waals surface area contributed by atoms with Crippen molar-refractivity contribution in [2.75, 3.05) is 19.6 Å². The molecule has 0 aromatic heterocycles. The predicted octanol–water partition coefficient (Wildman–Crippen LogP) is 4.32. The highest BCUT2D eigenvalue weighted by Crippen LogP contribution is 2.26. The van der Waals surface area contributed by atoms with Crippen LogP contribution in [0.1, 0.15) is 46.6 Å². The number of nitrogens with zero attached hydrogens (tertiary/aromatic N) is 1. The van der Waals surface area contributed by atoms with Gasteiger partial charge in [-0.1, -0.05) is 39.8 Å². The molecule has 2 nitrogen and oxygen atoms in total. The third kappa shape index (κ3) is 4.93. The maximum absolute atomic E-state index is 3.74. The summed E-state index contributed by atoms with van der Waals surface area (Å²) in [6.45, 7) is 14.7. The van der Waals surface area contributed by atoms with Crippen LogP contribution >= 0.6 is 22.6 Å². The SMILES string of the molecule is CCNC(Cc1ccc(I)cc1)C(C)(CC)N(CC)CC. The molecule has 1 N–H and O–H groups in total. The Kier molecular flexibility index (Phi) is 8.21. The minimum Gasteiger partial charge on any atom is -0.312 e. The molecule has 0 aliphatic heterocycles. The minimum atomic E-state index is 0.197. The molecule has 0 saturated heterocycles. The molecule has 21 heavy (non-hydrogen) atoms. The summed E-state index contributed by atoms with van der Waals surface area (Å²) in [6.07, 6.45) is 2.25. The van der Waals surface area contributed by atoms with E-state index in [0.29, 0.717) is 6.04 Å². The quantitative estimate of drug-likeness (QED) is 0.619. The maximum Gasteiger partial charge on any atom is 0.0334 e. The largest absolute Gasteiger partial charge is 0.312 e. The molecule has 1 rings (SSSR count). The molecule has 0 spiro atoms. The summed E-state index contributed by atoms with van der Waals surface area (Å²) in [5.41, 5.74) is 1.62. The normalized spacial score (nSPS) is 16.0. The lowest BCUT2D eigenvalue weighted by atomic mass is 9.83. The average Bonchev–Trinajstić information content (AvgIpc) is 2.49. The van der Waals surface area contributed by atoms with Gasteiger partial charge in [-0.15, -0.1) is 0 Å². The lowest BCUT2D eigenvalue weighted by Crippen LogP contribution is -2.60. The first kappa shape index (κ1) is 18.9. The predicted molar refractivity (Wildman–Crippen MR) is 102 cm³/mol. The lowest BCUT2D eigenvalue weighted by Gasteiger charge is -2.46. The van der Waals surface area contributed by atoms with E-state index in [1.54, 1.807) is 0 Å². The molecule has 3 heteroatoms. The summed E-state index contributed by atoms with van der Waals surface area (Å²) in [5.74, 6) is 0. The van der Waals surface area contributed by atoms with Gasteiger partial charge in [0.05, 0.1) is 0 Å². The molecular formula is C18H31IN2. The number of hydrogen-bond acceptors (Lipinski definition) is 2. The highest BCUT2D eigenvalue weighted by molar-refractivity contribution is 14.1. The fraction of sp³-hybridized carbons (Fsp3) is 0.667. The molecular weight excluding hydrogens is 371 g/mol. The summed E-state index contributed by atoms with van der Waals surface area (Å²) in [6, 6.07) is 9.43. The van der Waals surface area contributed by atoms with Gasteiger partial charge in [-0.2, -0.15) is 0 Å². The van der Waals surface area contributed by atoms with Gasteiger partial charge in [0.15, 0.2) is 0 Å². The van der Waals surface area contributed by atoms with Crippen LogP contribution < -0.4 is 5.32 Å². The van der Waals surface area contributed by atoms with Crippen LogP contribution in [0.25, 0.3) is 0 Å². The van der Waals surface area contributed by atoms with Gasteiger partial charge in [-0.3, -0.25) is 4.90 Å². The van der Waals surface area contributed by atoms with E-state index in [4.69, 9.17) is 0 Å². The Labute approximate surface area is 144 Å². The minimum absolute atomic E-state index is 0.197. The third-order valence-corrected chi connectivity index (χ3v) is 5.48. The standard InChI is InChI=1S/C18H31IN2/c1-6-18(5,21(8-3)9-4)17(20-7-2)14-15-10-12-16(19)13-11-15/h10-13,17,20H,6-9,14H2,1-5H3. The van der Waals surface area contributed by atoms with E-state index < -0.39 is 0 Å². The topological polar surface area (TPSA) is 15.3 Å². The highest BCUT2D eigenvalue weighted by Gasteiger charge is 2.36. The van der Waals surface area contributed by atoms with Crippen LogP contribution in [0.4, 0.5) is 0 Å². The van der Waals surface area contributed by atoms with Crippen molar-refractivity contribution in [1.82, 2.24) is 10.2 Å². The zero-order valence-corrected chi connectivity index (χ0v) is 16.4. The van der Waals surface area contributed by atoms with Gasteiger partial charge in [0, 0.05) is 15.2 Å². The third-order valence-electron chi connectivity index (χ3n) is 4.76. The van der Waals surface area contributed by atoms with Crippen LogP contribution in [0.5, 0.6) is 0 Å². The van der Waals surface area contributed by atoms with Crippen LogP contribution in [0.3, 0.4) is 0 Å². The molecule has 0 amide bonds.